The number of aromatic nitrogens is 2. The highest BCUT2D eigenvalue weighted by atomic mass is 16.6. The quantitative estimate of drug-likeness (QED) is 0.551. The first-order chi connectivity index (χ1) is 9.11. The smallest absolute Gasteiger partial charge is 0.353 e. The molecule has 0 aliphatic heterocycles. The van der Waals surface area contributed by atoms with E-state index in [2.05, 4.69) is 9.97 Å². The van der Waals surface area contributed by atoms with Crippen molar-refractivity contribution in [3.05, 3.63) is 16.4 Å². The Balaban J connectivity index is 3.10. The lowest BCUT2D eigenvalue weighted by molar-refractivity contribution is -0.383. The van der Waals surface area contributed by atoms with Crippen LogP contribution in [0.1, 0.15) is 6.42 Å². The van der Waals surface area contributed by atoms with Crippen LogP contribution in [0.25, 0.3) is 0 Å². The van der Waals surface area contributed by atoms with Gasteiger partial charge >= 0.3 is 5.69 Å². The van der Waals surface area contributed by atoms with Crippen molar-refractivity contribution in [3.8, 4) is 6.07 Å². The fourth-order valence-electron chi connectivity index (χ4n) is 1.50. The molecule has 0 aromatic carbocycles. The monoisotopic (exact) mass is 266 g/mol. The summed E-state index contributed by atoms with van der Waals surface area (Å²) in [6.45, 7) is 1.03. The summed E-state index contributed by atoms with van der Waals surface area (Å²) >= 11 is 0. The van der Waals surface area contributed by atoms with Crippen LogP contribution in [0.3, 0.4) is 0 Å². The average Bonchev–Trinajstić information content (AvgIpc) is 2.38. The zero-order chi connectivity index (χ0) is 14.3. The number of hydrogen-bond donors (Lipinski definition) is 1. The molecule has 0 atom stereocenters. The molecule has 0 saturated carbocycles. The summed E-state index contributed by atoms with van der Waals surface area (Å²) in [5.74, 6) is -0.0980. The standard InChI is InChI=1S/C10H14N6O3/c1-19-6-5-15(4-2-3-11)10-8(16(17)18)9(12)13-7-14-10/h7H,2,4-6H2,1H3,(H2,12,13,14). The molecule has 19 heavy (non-hydrogen) atoms. The number of nitrogens with zero attached hydrogens (tertiary/aromatic N) is 5. The second kappa shape index (κ2) is 7.07. The Bertz CT molecular complexity index is 487. The van der Waals surface area contributed by atoms with Crippen molar-refractivity contribution in [2.45, 2.75) is 6.42 Å². The first-order valence-corrected chi connectivity index (χ1v) is 5.47. The molecule has 0 aliphatic rings. The van der Waals surface area contributed by atoms with Gasteiger partial charge in [-0.3, -0.25) is 10.1 Å². The van der Waals surface area contributed by atoms with Crippen LogP contribution >= 0.6 is 0 Å². The van der Waals surface area contributed by atoms with Crippen molar-refractivity contribution >= 4 is 17.3 Å². The average molecular weight is 266 g/mol. The number of hydrogen-bond acceptors (Lipinski definition) is 8. The molecule has 2 N–H and O–H groups in total. The Morgan fingerprint density at radius 2 is 2.32 bits per heavy atom. The molecular formula is C10H14N6O3. The molecule has 9 nitrogen and oxygen atoms in total. The normalized spacial score (nSPS) is 9.89. The van der Waals surface area contributed by atoms with Gasteiger partial charge in [-0.15, -0.1) is 0 Å². The van der Waals surface area contributed by atoms with Gasteiger partial charge in [0, 0.05) is 20.2 Å². The predicted molar refractivity (Wildman–Crippen MR) is 67.4 cm³/mol. The van der Waals surface area contributed by atoms with Crippen LogP contribution in [0.4, 0.5) is 17.3 Å². The molecule has 0 amide bonds. The van der Waals surface area contributed by atoms with Crippen molar-refractivity contribution < 1.29 is 9.66 Å². The van der Waals surface area contributed by atoms with Crippen LogP contribution in [-0.4, -0.2) is 41.7 Å². The van der Waals surface area contributed by atoms with E-state index in [0.29, 0.717) is 19.7 Å². The van der Waals surface area contributed by atoms with Gasteiger partial charge in [-0.25, -0.2) is 9.97 Å². The summed E-state index contributed by atoms with van der Waals surface area (Å²) in [6.07, 6.45) is 1.37. The van der Waals surface area contributed by atoms with Gasteiger partial charge in [0.15, 0.2) is 0 Å². The molecule has 1 rings (SSSR count). The highest BCUT2D eigenvalue weighted by Crippen LogP contribution is 2.29. The number of ether oxygens (including phenoxy) is 1. The topological polar surface area (TPSA) is 131 Å². The molecular weight excluding hydrogens is 252 g/mol. The van der Waals surface area contributed by atoms with E-state index in [0.717, 1.165) is 6.33 Å². The van der Waals surface area contributed by atoms with Gasteiger partial charge in [0.1, 0.15) is 6.33 Å². The summed E-state index contributed by atoms with van der Waals surface area (Å²) in [5, 5.41) is 19.6. The van der Waals surface area contributed by atoms with E-state index in [1.54, 1.807) is 4.90 Å². The number of anilines is 2. The Morgan fingerprint density at radius 3 is 2.89 bits per heavy atom. The fraction of sp³-hybridized carbons (Fsp3) is 0.500. The van der Waals surface area contributed by atoms with Gasteiger partial charge in [-0.2, -0.15) is 5.26 Å². The first kappa shape index (κ1) is 14.6. The van der Waals surface area contributed by atoms with Crippen molar-refractivity contribution in [1.29, 1.82) is 5.26 Å². The minimum absolute atomic E-state index is 0.102. The minimum atomic E-state index is -0.628. The van der Waals surface area contributed by atoms with Crippen molar-refractivity contribution in [1.82, 2.24) is 9.97 Å². The van der Waals surface area contributed by atoms with E-state index in [-0.39, 0.29) is 23.7 Å². The van der Waals surface area contributed by atoms with Crippen LogP contribution in [0, 0.1) is 21.4 Å². The number of nitrogen functional groups attached to an aromatic ring is 1. The molecule has 102 valence electrons. The molecule has 1 aromatic rings. The third kappa shape index (κ3) is 3.75. The molecule has 0 saturated heterocycles. The zero-order valence-electron chi connectivity index (χ0n) is 10.4. The van der Waals surface area contributed by atoms with Crippen molar-refractivity contribution in [2.75, 3.05) is 37.4 Å². The number of nitriles is 1. The molecule has 0 radical (unpaired) electrons. The maximum Gasteiger partial charge on any atom is 0.353 e. The maximum atomic E-state index is 11.0. The van der Waals surface area contributed by atoms with E-state index in [1.807, 2.05) is 6.07 Å². The largest absolute Gasteiger partial charge is 0.383 e. The summed E-state index contributed by atoms with van der Waals surface area (Å²) in [6, 6.07) is 1.98. The van der Waals surface area contributed by atoms with Gasteiger partial charge in [0.05, 0.1) is 24.0 Å². The Kier molecular flexibility index (Phi) is 5.43. The lowest BCUT2D eigenvalue weighted by Crippen LogP contribution is -2.30. The molecule has 0 unspecified atom stereocenters. The fourth-order valence-corrected chi connectivity index (χ4v) is 1.50. The number of rotatable bonds is 7. The summed E-state index contributed by atoms with van der Waals surface area (Å²) in [7, 11) is 1.52. The van der Waals surface area contributed by atoms with E-state index >= 15 is 0 Å². The third-order valence-electron chi connectivity index (χ3n) is 2.37. The lowest BCUT2D eigenvalue weighted by Gasteiger charge is -2.21. The van der Waals surface area contributed by atoms with Crippen LogP contribution in [-0.2, 0) is 4.74 Å². The third-order valence-corrected chi connectivity index (χ3v) is 2.37. The van der Waals surface area contributed by atoms with E-state index in [9.17, 15) is 10.1 Å². The highest BCUT2D eigenvalue weighted by molar-refractivity contribution is 5.68. The summed E-state index contributed by atoms with van der Waals surface area (Å²) in [4.78, 5) is 19.5. The highest BCUT2D eigenvalue weighted by Gasteiger charge is 2.25. The maximum absolute atomic E-state index is 11.0. The van der Waals surface area contributed by atoms with Crippen LogP contribution in [0.15, 0.2) is 6.33 Å². The minimum Gasteiger partial charge on any atom is -0.383 e. The van der Waals surface area contributed by atoms with Crippen molar-refractivity contribution in [3.63, 3.8) is 0 Å². The molecule has 0 fully saturated rings. The van der Waals surface area contributed by atoms with Crippen LogP contribution in [0.5, 0.6) is 0 Å². The molecule has 0 aliphatic carbocycles. The zero-order valence-corrected chi connectivity index (χ0v) is 10.4. The number of methoxy groups -OCH3 is 1. The lowest BCUT2D eigenvalue weighted by atomic mass is 10.3. The van der Waals surface area contributed by atoms with Gasteiger partial charge in [0.2, 0.25) is 11.6 Å². The second-order valence-electron chi connectivity index (χ2n) is 3.58. The van der Waals surface area contributed by atoms with Gasteiger partial charge < -0.3 is 15.4 Å². The van der Waals surface area contributed by atoms with Gasteiger partial charge in [-0.05, 0) is 0 Å². The molecule has 1 aromatic heterocycles. The Hall–Kier alpha value is -2.47. The molecule has 0 bridgehead atoms. The Morgan fingerprint density at radius 1 is 1.58 bits per heavy atom. The van der Waals surface area contributed by atoms with Crippen LogP contribution < -0.4 is 10.6 Å². The molecule has 1 heterocycles. The van der Waals surface area contributed by atoms with E-state index in [4.69, 9.17) is 15.7 Å². The SMILES string of the molecule is COCCN(CCC#N)c1ncnc(N)c1[N+](=O)[O-]. The van der Waals surface area contributed by atoms with E-state index in [1.165, 1.54) is 7.11 Å². The van der Waals surface area contributed by atoms with E-state index < -0.39 is 4.92 Å². The second-order valence-corrected chi connectivity index (χ2v) is 3.58. The Labute approximate surface area is 109 Å². The predicted octanol–water partition coefficient (Wildman–Crippen LogP) is 0.333. The molecule has 0 spiro atoms. The number of nitrogens with two attached hydrogens (primary N) is 1. The summed E-state index contributed by atoms with van der Waals surface area (Å²) in [5.41, 5.74) is 5.15. The first-order valence-electron chi connectivity index (χ1n) is 5.47. The number of nitro groups is 1. The summed E-state index contributed by atoms with van der Waals surface area (Å²) < 4.78 is 4.94. The van der Waals surface area contributed by atoms with Gasteiger partial charge in [0.25, 0.3) is 0 Å². The van der Waals surface area contributed by atoms with Crippen LogP contribution in [0.2, 0.25) is 0 Å². The van der Waals surface area contributed by atoms with Crippen molar-refractivity contribution in [2.24, 2.45) is 0 Å². The van der Waals surface area contributed by atoms with Gasteiger partial charge in [-0.1, -0.05) is 0 Å². The molecule has 9 heteroatoms.